The van der Waals surface area contributed by atoms with Gasteiger partial charge in [-0.1, -0.05) is 60.5 Å². The Balaban J connectivity index is 1.51. The van der Waals surface area contributed by atoms with Gasteiger partial charge in [-0.3, -0.25) is 4.79 Å². The molecule has 5 rings (SSSR count). The minimum Gasteiger partial charge on any atom is -0.493 e. The molecule has 0 aromatic heterocycles. The number of amides is 1. The van der Waals surface area contributed by atoms with Crippen LogP contribution in [0.25, 0.3) is 12.2 Å². The van der Waals surface area contributed by atoms with Crippen molar-refractivity contribution < 1.29 is 14.3 Å². The summed E-state index contributed by atoms with van der Waals surface area (Å²) >= 11 is 12.3. The monoisotopic (exact) mass is 560 g/mol. The van der Waals surface area contributed by atoms with Gasteiger partial charge in [0.2, 0.25) is 0 Å². The fourth-order valence-corrected chi connectivity index (χ4v) is 5.68. The van der Waals surface area contributed by atoms with Crippen LogP contribution in [0.4, 0.5) is 0 Å². The number of carbonyl (C=O) groups excluding carboxylic acids is 1. The molecule has 0 spiro atoms. The van der Waals surface area contributed by atoms with Crippen molar-refractivity contribution in [1.29, 1.82) is 0 Å². The third kappa shape index (κ3) is 5.90. The van der Waals surface area contributed by atoms with E-state index < -0.39 is 0 Å². The van der Waals surface area contributed by atoms with Gasteiger partial charge in [-0.25, -0.2) is 5.01 Å². The SMILES string of the molecule is COc1ccc(/C=C/C(=O)N2N=C3/C(=C\c4ccc(Cl)cc4)CC(C)CC3C2c2ccc(Cl)cc2)cc1OC. The van der Waals surface area contributed by atoms with Gasteiger partial charge in [-0.05, 0) is 89.6 Å². The second kappa shape index (κ2) is 11.7. The van der Waals surface area contributed by atoms with Crippen LogP contribution in [-0.2, 0) is 4.79 Å². The molecule has 1 saturated carbocycles. The van der Waals surface area contributed by atoms with E-state index >= 15 is 0 Å². The molecule has 3 aromatic carbocycles. The number of allylic oxidation sites excluding steroid dienone is 1. The third-order valence-corrected chi connectivity index (χ3v) is 7.74. The van der Waals surface area contributed by atoms with Crippen molar-refractivity contribution >= 4 is 47.0 Å². The maximum atomic E-state index is 13.7. The Kier molecular flexibility index (Phi) is 8.10. The summed E-state index contributed by atoms with van der Waals surface area (Å²) in [7, 11) is 3.18. The van der Waals surface area contributed by atoms with Gasteiger partial charge in [0.15, 0.2) is 11.5 Å². The molecule has 5 nitrogen and oxygen atoms in total. The fraction of sp³-hybridized carbons (Fsp3) is 0.250. The molecule has 1 amide bonds. The predicted molar refractivity (Wildman–Crippen MR) is 158 cm³/mol. The first-order valence-corrected chi connectivity index (χ1v) is 13.7. The average Bonchev–Trinajstić information content (AvgIpc) is 3.32. The number of ether oxygens (including phenoxy) is 2. The number of halogens is 2. The molecular formula is C32H30Cl2N2O3. The minimum absolute atomic E-state index is 0.0758. The Hall–Kier alpha value is -3.54. The van der Waals surface area contributed by atoms with Crippen LogP contribution >= 0.6 is 23.2 Å². The molecule has 1 heterocycles. The summed E-state index contributed by atoms with van der Waals surface area (Å²) in [4.78, 5) is 13.7. The molecule has 200 valence electrons. The molecule has 1 fully saturated rings. The molecule has 0 saturated heterocycles. The van der Waals surface area contributed by atoms with Crippen molar-refractivity contribution in [3.63, 3.8) is 0 Å². The van der Waals surface area contributed by atoms with Gasteiger partial charge >= 0.3 is 0 Å². The number of hydrazone groups is 1. The molecule has 3 atom stereocenters. The maximum absolute atomic E-state index is 13.7. The first-order chi connectivity index (χ1) is 18.9. The van der Waals surface area contributed by atoms with Crippen LogP contribution in [0, 0.1) is 11.8 Å². The van der Waals surface area contributed by atoms with Crippen LogP contribution in [0.1, 0.15) is 42.5 Å². The molecule has 7 heteroatoms. The number of rotatable bonds is 6. The number of benzene rings is 3. The summed E-state index contributed by atoms with van der Waals surface area (Å²) in [6.45, 7) is 2.26. The largest absolute Gasteiger partial charge is 0.493 e. The number of methoxy groups -OCH3 is 2. The number of hydrogen-bond acceptors (Lipinski definition) is 4. The van der Waals surface area contributed by atoms with E-state index in [4.69, 9.17) is 37.8 Å². The van der Waals surface area contributed by atoms with Crippen molar-refractivity contribution in [2.24, 2.45) is 16.9 Å². The van der Waals surface area contributed by atoms with E-state index in [1.807, 2.05) is 66.7 Å². The van der Waals surface area contributed by atoms with Crippen molar-refractivity contribution in [2.45, 2.75) is 25.8 Å². The highest BCUT2D eigenvalue weighted by Gasteiger charge is 2.44. The zero-order valence-corrected chi connectivity index (χ0v) is 23.6. The molecule has 0 N–H and O–H groups in total. The fourth-order valence-electron chi connectivity index (χ4n) is 5.43. The summed E-state index contributed by atoms with van der Waals surface area (Å²) in [6.07, 6.45) is 7.35. The molecule has 0 radical (unpaired) electrons. The highest BCUT2D eigenvalue weighted by Crippen LogP contribution is 2.46. The Morgan fingerprint density at radius 3 is 2.23 bits per heavy atom. The van der Waals surface area contributed by atoms with Crippen LogP contribution in [-0.4, -0.2) is 30.8 Å². The normalized spacial score (nSPS) is 21.7. The van der Waals surface area contributed by atoms with E-state index in [-0.39, 0.29) is 17.9 Å². The molecule has 0 bridgehead atoms. The van der Waals surface area contributed by atoms with Crippen molar-refractivity contribution in [1.82, 2.24) is 5.01 Å². The quantitative estimate of drug-likeness (QED) is 0.286. The van der Waals surface area contributed by atoms with Crippen LogP contribution in [0.2, 0.25) is 10.0 Å². The first-order valence-electron chi connectivity index (χ1n) is 12.9. The lowest BCUT2D eigenvalue weighted by molar-refractivity contribution is -0.128. The van der Waals surface area contributed by atoms with Gasteiger partial charge in [0.1, 0.15) is 0 Å². The van der Waals surface area contributed by atoms with Crippen molar-refractivity contribution in [3.8, 4) is 11.5 Å². The second-order valence-electron chi connectivity index (χ2n) is 9.98. The van der Waals surface area contributed by atoms with Gasteiger partial charge in [0.25, 0.3) is 5.91 Å². The molecule has 3 unspecified atom stereocenters. The van der Waals surface area contributed by atoms with E-state index in [1.165, 1.54) is 0 Å². The lowest BCUT2D eigenvalue weighted by Crippen LogP contribution is -2.32. The molecule has 3 aromatic rings. The van der Waals surface area contributed by atoms with E-state index in [1.54, 1.807) is 31.4 Å². The van der Waals surface area contributed by atoms with E-state index in [0.29, 0.717) is 27.5 Å². The summed E-state index contributed by atoms with van der Waals surface area (Å²) in [5.74, 6) is 1.56. The van der Waals surface area contributed by atoms with E-state index in [0.717, 1.165) is 40.8 Å². The summed E-state index contributed by atoms with van der Waals surface area (Å²) in [5, 5.41) is 7.96. The van der Waals surface area contributed by atoms with E-state index in [2.05, 4.69) is 13.0 Å². The molecule has 1 aliphatic heterocycles. The molecular weight excluding hydrogens is 531 g/mol. The zero-order valence-electron chi connectivity index (χ0n) is 22.1. The zero-order chi connectivity index (χ0) is 27.5. The topological polar surface area (TPSA) is 51.1 Å². The highest BCUT2D eigenvalue weighted by atomic mass is 35.5. The highest BCUT2D eigenvalue weighted by molar-refractivity contribution is 6.30. The molecule has 39 heavy (non-hydrogen) atoms. The molecule has 2 aliphatic rings. The average molecular weight is 562 g/mol. The third-order valence-electron chi connectivity index (χ3n) is 7.24. The maximum Gasteiger partial charge on any atom is 0.267 e. The van der Waals surface area contributed by atoms with Crippen LogP contribution in [0.15, 0.2) is 83.5 Å². The predicted octanol–water partition coefficient (Wildman–Crippen LogP) is 8.09. The Labute approximate surface area is 239 Å². The molecule has 1 aliphatic carbocycles. The Morgan fingerprint density at radius 1 is 0.923 bits per heavy atom. The van der Waals surface area contributed by atoms with Gasteiger partial charge < -0.3 is 9.47 Å². The van der Waals surface area contributed by atoms with Crippen LogP contribution < -0.4 is 9.47 Å². The Bertz CT molecular complexity index is 1450. The van der Waals surface area contributed by atoms with Crippen LogP contribution in [0.5, 0.6) is 11.5 Å². The lowest BCUT2D eigenvalue weighted by Gasteiger charge is -2.32. The number of fused-ring (bicyclic) bond motifs is 1. The van der Waals surface area contributed by atoms with E-state index in [9.17, 15) is 4.79 Å². The van der Waals surface area contributed by atoms with Crippen molar-refractivity contribution in [2.75, 3.05) is 14.2 Å². The second-order valence-corrected chi connectivity index (χ2v) is 10.9. The standard InChI is InChI=1S/C32H30Cl2N2O3/c1-20-16-24(18-21-4-10-25(33)11-5-21)31-27(17-20)32(23-8-12-26(34)13-9-23)36(35-31)30(37)15-7-22-6-14-28(38-2)29(19-22)39-3/h4-15,18-20,27,32H,16-17H2,1-3H3/b15-7+,24-18-. The smallest absolute Gasteiger partial charge is 0.267 e. The van der Waals surface area contributed by atoms with Crippen molar-refractivity contribution in [3.05, 3.63) is 105 Å². The van der Waals surface area contributed by atoms with Crippen LogP contribution in [0.3, 0.4) is 0 Å². The summed E-state index contributed by atoms with van der Waals surface area (Å²) in [6, 6.07) is 20.8. The number of carbonyl (C=O) groups is 1. The number of nitrogens with zero attached hydrogens (tertiary/aromatic N) is 2. The lowest BCUT2D eigenvalue weighted by atomic mass is 9.73. The van der Waals surface area contributed by atoms with Gasteiger partial charge in [0, 0.05) is 22.0 Å². The Morgan fingerprint density at radius 2 is 1.56 bits per heavy atom. The summed E-state index contributed by atoms with van der Waals surface area (Å²) in [5.41, 5.74) is 5.02. The minimum atomic E-state index is -0.226. The van der Waals surface area contributed by atoms with Gasteiger partial charge in [0.05, 0.1) is 26.0 Å². The first kappa shape index (κ1) is 27.0. The van der Waals surface area contributed by atoms with Gasteiger partial charge in [-0.2, -0.15) is 5.10 Å². The summed E-state index contributed by atoms with van der Waals surface area (Å²) < 4.78 is 10.7. The van der Waals surface area contributed by atoms with Gasteiger partial charge in [-0.15, -0.1) is 0 Å². The number of hydrogen-bond donors (Lipinski definition) is 0.